The van der Waals surface area contributed by atoms with Gasteiger partial charge in [0.15, 0.2) is 0 Å². The minimum atomic E-state index is 0.664. The minimum Gasteiger partial charge on any atom is -0.314 e. The van der Waals surface area contributed by atoms with Crippen LogP contribution in [-0.2, 0) is 6.54 Å². The summed E-state index contributed by atoms with van der Waals surface area (Å²) >= 11 is 0. The van der Waals surface area contributed by atoms with Gasteiger partial charge in [0.2, 0.25) is 0 Å². The quantitative estimate of drug-likeness (QED) is 0.884. The van der Waals surface area contributed by atoms with E-state index in [1.807, 2.05) is 6.07 Å². The fraction of sp³-hybridized carbons (Fsp3) is 0.714. The third-order valence-corrected chi connectivity index (χ3v) is 3.62. The smallest absolute Gasteiger partial charge is 0.0771 e. The van der Waals surface area contributed by atoms with E-state index < -0.39 is 0 Å². The molecule has 0 aliphatic carbocycles. The summed E-state index contributed by atoms with van der Waals surface area (Å²) in [5.41, 5.74) is 1.08. The lowest BCUT2D eigenvalue weighted by Gasteiger charge is -2.31. The molecule has 100 valence electrons. The Morgan fingerprint density at radius 1 is 1.50 bits per heavy atom. The van der Waals surface area contributed by atoms with Crippen LogP contribution < -0.4 is 5.32 Å². The molecular weight excluding hydrogens is 224 g/mol. The van der Waals surface area contributed by atoms with E-state index in [1.165, 1.54) is 12.8 Å². The van der Waals surface area contributed by atoms with Crippen molar-refractivity contribution in [1.29, 1.82) is 0 Å². The van der Waals surface area contributed by atoms with Crippen molar-refractivity contribution in [3.63, 3.8) is 0 Å². The molecule has 1 N–H and O–H groups in total. The third-order valence-electron chi connectivity index (χ3n) is 3.62. The molecule has 2 heterocycles. The van der Waals surface area contributed by atoms with Crippen molar-refractivity contribution in [1.82, 2.24) is 20.4 Å². The lowest BCUT2D eigenvalue weighted by atomic mass is 10.0. The molecule has 2 rings (SSSR count). The summed E-state index contributed by atoms with van der Waals surface area (Å²) in [6, 6.07) is 4.69. The summed E-state index contributed by atoms with van der Waals surface area (Å²) in [5.74, 6) is 0.691. The Morgan fingerprint density at radius 3 is 3.11 bits per heavy atom. The highest BCUT2D eigenvalue weighted by Crippen LogP contribution is 2.11. The Morgan fingerprint density at radius 2 is 2.39 bits per heavy atom. The van der Waals surface area contributed by atoms with Gasteiger partial charge in [0, 0.05) is 31.9 Å². The van der Waals surface area contributed by atoms with Gasteiger partial charge in [-0.05, 0) is 37.4 Å². The van der Waals surface area contributed by atoms with Crippen molar-refractivity contribution in [3.05, 3.63) is 24.0 Å². The summed E-state index contributed by atoms with van der Waals surface area (Å²) in [7, 11) is 0. The van der Waals surface area contributed by atoms with Crippen molar-refractivity contribution < 1.29 is 0 Å². The van der Waals surface area contributed by atoms with Crippen molar-refractivity contribution in [2.45, 2.75) is 39.3 Å². The molecule has 1 aromatic rings. The molecule has 18 heavy (non-hydrogen) atoms. The molecule has 0 amide bonds. The summed E-state index contributed by atoms with van der Waals surface area (Å²) in [6.45, 7) is 8.90. The number of aromatic nitrogens is 2. The molecule has 0 radical (unpaired) electrons. The normalized spacial score (nSPS) is 26.6. The highest BCUT2D eigenvalue weighted by molar-refractivity contribution is 4.99. The lowest BCUT2D eigenvalue weighted by Crippen LogP contribution is -2.43. The monoisotopic (exact) mass is 248 g/mol. The van der Waals surface area contributed by atoms with Gasteiger partial charge in [0.25, 0.3) is 0 Å². The Bertz CT molecular complexity index is 341. The van der Waals surface area contributed by atoms with Crippen LogP contribution >= 0.6 is 0 Å². The number of hydrogen-bond donors (Lipinski definition) is 1. The predicted molar refractivity (Wildman–Crippen MR) is 73.2 cm³/mol. The topological polar surface area (TPSA) is 41.1 Å². The fourth-order valence-electron chi connectivity index (χ4n) is 2.54. The second kappa shape index (κ2) is 6.81. The average molecular weight is 248 g/mol. The number of hydrogen-bond acceptors (Lipinski definition) is 4. The Labute approximate surface area is 110 Å². The van der Waals surface area contributed by atoms with Crippen LogP contribution in [0, 0.1) is 5.92 Å². The SMILES string of the molecule is CCC1CCN(Cc2cccnn2)CC(C)CN1. The molecule has 0 saturated carbocycles. The van der Waals surface area contributed by atoms with Gasteiger partial charge in [0.05, 0.1) is 5.69 Å². The summed E-state index contributed by atoms with van der Waals surface area (Å²) in [6.07, 6.45) is 4.17. The van der Waals surface area contributed by atoms with Gasteiger partial charge in [-0.25, -0.2) is 0 Å². The molecule has 4 nitrogen and oxygen atoms in total. The molecule has 0 bridgehead atoms. The highest BCUT2D eigenvalue weighted by atomic mass is 15.2. The Kier molecular flexibility index (Phi) is 5.08. The molecule has 2 unspecified atom stereocenters. The van der Waals surface area contributed by atoms with Crippen LogP contribution in [0.1, 0.15) is 32.4 Å². The first-order chi connectivity index (χ1) is 8.78. The van der Waals surface area contributed by atoms with E-state index in [0.717, 1.165) is 31.9 Å². The molecule has 1 fully saturated rings. The zero-order valence-corrected chi connectivity index (χ0v) is 11.5. The van der Waals surface area contributed by atoms with Gasteiger partial charge in [-0.2, -0.15) is 10.2 Å². The van der Waals surface area contributed by atoms with Gasteiger partial charge >= 0.3 is 0 Å². The van der Waals surface area contributed by atoms with Crippen molar-refractivity contribution in [2.75, 3.05) is 19.6 Å². The third kappa shape index (κ3) is 4.03. The zero-order chi connectivity index (χ0) is 12.8. The minimum absolute atomic E-state index is 0.664. The van der Waals surface area contributed by atoms with E-state index in [9.17, 15) is 0 Å². The van der Waals surface area contributed by atoms with Crippen LogP contribution in [0.3, 0.4) is 0 Å². The number of rotatable bonds is 3. The van der Waals surface area contributed by atoms with Crippen molar-refractivity contribution in [3.8, 4) is 0 Å². The lowest BCUT2D eigenvalue weighted by molar-refractivity contribution is 0.188. The van der Waals surface area contributed by atoms with Gasteiger partial charge in [0.1, 0.15) is 0 Å². The zero-order valence-electron chi connectivity index (χ0n) is 11.5. The maximum atomic E-state index is 4.18. The van der Waals surface area contributed by atoms with Gasteiger partial charge in [-0.1, -0.05) is 13.8 Å². The molecule has 1 aliphatic heterocycles. The maximum Gasteiger partial charge on any atom is 0.0771 e. The first-order valence-electron chi connectivity index (χ1n) is 7.00. The Hall–Kier alpha value is -1.00. The molecule has 1 saturated heterocycles. The van der Waals surface area contributed by atoms with Crippen LogP contribution in [-0.4, -0.2) is 40.8 Å². The van der Waals surface area contributed by atoms with E-state index >= 15 is 0 Å². The molecule has 1 aromatic heterocycles. The summed E-state index contributed by atoms with van der Waals surface area (Å²) in [5, 5.41) is 11.8. The fourth-order valence-corrected chi connectivity index (χ4v) is 2.54. The number of nitrogens with zero attached hydrogens (tertiary/aromatic N) is 3. The standard InChI is InChI=1S/C14H24N4/c1-3-13-6-8-18(10-12(2)9-15-13)11-14-5-4-7-16-17-14/h4-5,7,12-13,15H,3,6,8-11H2,1-2H3. The van der Waals surface area contributed by atoms with E-state index in [2.05, 4.69) is 40.3 Å². The first kappa shape index (κ1) is 13.4. The van der Waals surface area contributed by atoms with E-state index in [1.54, 1.807) is 6.20 Å². The molecule has 2 atom stereocenters. The van der Waals surface area contributed by atoms with Gasteiger partial charge < -0.3 is 5.32 Å². The van der Waals surface area contributed by atoms with E-state index in [4.69, 9.17) is 0 Å². The van der Waals surface area contributed by atoms with Crippen molar-refractivity contribution in [2.24, 2.45) is 5.92 Å². The molecule has 1 aliphatic rings. The first-order valence-corrected chi connectivity index (χ1v) is 7.00. The van der Waals surface area contributed by atoms with Gasteiger partial charge in [-0.3, -0.25) is 4.90 Å². The average Bonchev–Trinajstić information content (AvgIpc) is 2.37. The van der Waals surface area contributed by atoms with Crippen LogP contribution in [0.25, 0.3) is 0 Å². The predicted octanol–water partition coefficient (Wildman–Crippen LogP) is 1.69. The molecule has 4 heteroatoms. The number of nitrogens with one attached hydrogen (secondary N) is 1. The van der Waals surface area contributed by atoms with Crippen LogP contribution in [0.4, 0.5) is 0 Å². The maximum absolute atomic E-state index is 4.18. The van der Waals surface area contributed by atoms with Crippen LogP contribution in [0.2, 0.25) is 0 Å². The van der Waals surface area contributed by atoms with E-state index in [-0.39, 0.29) is 0 Å². The second-order valence-electron chi connectivity index (χ2n) is 5.36. The Balaban J connectivity index is 1.93. The van der Waals surface area contributed by atoms with Crippen LogP contribution in [0.5, 0.6) is 0 Å². The second-order valence-corrected chi connectivity index (χ2v) is 5.36. The summed E-state index contributed by atoms with van der Waals surface area (Å²) in [4.78, 5) is 2.51. The molecular formula is C14H24N4. The van der Waals surface area contributed by atoms with E-state index in [0.29, 0.717) is 12.0 Å². The van der Waals surface area contributed by atoms with Crippen LogP contribution in [0.15, 0.2) is 18.3 Å². The van der Waals surface area contributed by atoms with Crippen molar-refractivity contribution >= 4 is 0 Å². The van der Waals surface area contributed by atoms with Gasteiger partial charge in [-0.15, -0.1) is 0 Å². The summed E-state index contributed by atoms with van der Waals surface area (Å²) < 4.78 is 0. The molecule has 0 spiro atoms. The highest BCUT2D eigenvalue weighted by Gasteiger charge is 2.18. The largest absolute Gasteiger partial charge is 0.314 e. The molecule has 0 aromatic carbocycles.